The molecule has 7 nitrogen and oxygen atoms in total. The van der Waals surface area contributed by atoms with Crippen LogP contribution in [0.3, 0.4) is 0 Å². The van der Waals surface area contributed by atoms with Crippen LogP contribution in [0.2, 0.25) is 0 Å². The first kappa shape index (κ1) is 22.8. The number of amides is 1. The Morgan fingerprint density at radius 3 is 2.45 bits per heavy atom. The topological polar surface area (TPSA) is 95.7 Å². The number of benzene rings is 1. The van der Waals surface area contributed by atoms with Gasteiger partial charge in [-0.15, -0.1) is 0 Å². The van der Waals surface area contributed by atoms with Gasteiger partial charge in [0.2, 0.25) is 5.95 Å². The maximum atomic E-state index is 13.6. The maximum absolute atomic E-state index is 13.6. The van der Waals surface area contributed by atoms with E-state index >= 15 is 0 Å². The molecule has 1 saturated heterocycles. The van der Waals surface area contributed by atoms with Crippen LogP contribution in [0.1, 0.15) is 39.0 Å². The minimum Gasteiger partial charge on any atom is -0.445 e. The maximum Gasteiger partial charge on any atom is 0.492 e. The molecule has 0 atom stereocenters. The van der Waals surface area contributed by atoms with Crippen molar-refractivity contribution >= 4 is 25.0 Å². The summed E-state index contributed by atoms with van der Waals surface area (Å²) in [4.78, 5) is 16.1. The minimum absolute atomic E-state index is 0.0437. The third kappa shape index (κ3) is 5.62. The first-order chi connectivity index (χ1) is 14.6. The summed E-state index contributed by atoms with van der Waals surface area (Å²) in [6, 6.07) is 12.0. The highest BCUT2D eigenvalue weighted by atomic mass is 19.1. The van der Waals surface area contributed by atoms with E-state index in [0.29, 0.717) is 11.2 Å². The summed E-state index contributed by atoms with van der Waals surface area (Å²) in [6.07, 6.45) is 0.962. The summed E-state index contributed by atoms with van der Waals surface area (Å²) in [6.45, 7) is 7.85. The Balaban J connectivity index is 1.75. The van der Waals surface area contributed by atoms with Gasteiger partial charge in [0.15, 0.2) is 0 Å². The zero-order valence-electron chi connectivity index (χ0n) is 18.1. The lowest BCUT2D eigenvalue weighted by atomic mass is 9.77. The van der Waals surface area contributed by atoms with Crippen LogP contribution in [0, 0.1) is 5.95 Å². The van der Waals surface area contributed by atoms with E-state index in [-0.39, 0.29) is 18.8 Å². The number of aromatic nitrogens is 1. The second-order valence-corrected chi connectivity index (χ2v) is 8.33. The van der Waals surface area contributed by atoms with Gasteiger partial charge in [0.05, 0.1) is 22.6 Å². The largest absolute Gasteiger partial charge is 0.492 e. The van der Waals surface area contributed by atoms with Crippen LogP contribution in [-0.2, 0) is 20.7 Å². The number of alkyl carbamates (subject to hydrolysis) is 1. The Morgan fingerprint density at radius 1 is 1.16 bits per heavy atom. The Bertz CT molecular complexity index is 950. The van der Waals surface area contributed by atoms with Gasteiger partial charge in [0.25, 0.3) is 0 Å². The van der Waals surface area contributed by atoms with Crippen LogP contribution < -0.4 is 11.1 Å². The summed E-state index contributed by atoms with van der Waals surface area (Å²) >= 11 is 0. The van der Waals surface area contributed by atoms with Crippen LogP contribution in [0.5, 0.6) is 0 Å². The number of nitrogen functional groups attached to an aromatic ring is 1. The summed E-state index contributed by atoms with van der Waals surface area (Å²) in [5, 5.41) is 2.69. The van der Waals surface area contributed by atoms with Crippen molar-refractivity contribution in [3.63, 3.8) is 0 Å². The Hall–Kier alpha value is -2.91. The molecule has 9 heteroatoms. The number of nitrogens with one attached hydrogen (secondary N) is 1. The molecule has 1 aliphatic rings. The predicted molar refractivity (Wildman–Crippen MR) is 117 cm³/mol. The molecule has 1 aliphatic heterocycles. The summed E-state index contributed by atoms with van der Waals surface area (Å²) in [5.74, 6) is -0.663. The summed E-state index contributed by atoms with van der Waals surface area (Å²) in [7, 11) is -0.774. The van der Waals surface area contributed by atoms with Gasteiger partial charge in [-0.05, 0) is 56.9 Å². The smallest absolute Gasteiger partial charge is 0.445 e. The number of carbonyl (C=O) groups is 1. The van der Waals surface area contributed by atoms with Crippen molar-refractivity contribution in [3.8, 4) is 0 Å². The molecule has 0 spiro atoms. The highest BCUT2D eigenvalue weighted by molar-refractivity contribution is 6.56. The van der Waals surface area contributed by atoms with Gasteiger partial charge in [0, 0.05) is 6.54 Å². The van der Waals surface area contributed by atoms with Gasteiger partial charge in [-0.1, -0.05) is 30.3 Å². The molecule has 0 unspecified atom stereocenters. The van der Waals surface area contributed by atoms with Gasteiger partial charge in [-0.25, -0.2) is 9.78 Å². The van der Waals surface area contributed by atoms with Crippen LogP contribution in [0.25, 0.3) is 6.08 Å². The molecule has 31 heavy (non-hydrogen) atoms. The van der Waals surface area contributed by atoms with Crippen molar-refractivity contribution in [2.45, 2.75) is 45.5 Å². The predicted octanol–water partition coefficient (Wildman–Crippen LogP) is 3.74. The van der Waals surface area contributed by atoms with Crippen LogP contribution in [0.4, 0.5) is 14.9 Å². The molecule has 0 bridgehead atoms. The number of carbonyl (C=O) groups excluding carboxylic acids is 1. The van der Waals surface area contributed by atoms with Gasteiger partial charge in [-0.3, -0.25) is 0 Å². The van der Waals surface area contributed by atoms with Crippen molar-refractivity contribution in [3.05, 3.63) is 65.1 Å². The van der Waals surface area contributed by atoms with E-state index in [9.17, 15) is 9.18 Å². The van der Waals surface area contributed by atoms with Crippen LogP contribution in [-0.4, -0.2) is 35.9 Å². The molecule has 0 saturated carbocycles. The van der Waals surface area contributed by atoms with E-state index < -0.39 is 30.4 Å². The molecule has 0 radical (unpaired) electrons. The average molecular weight is 427 g/mol. The van der Waals surface area contributed by atoms with Crippen LogP contribution in [0.15, 0.2) is 47.9 Å². The van der Waals surface area contributed by atoms with E-state index in [1.54, 1.807) is 6.08 Å². The van der Waals surface area contributed by atoms with E-state index in [4.69, 9.17) is 19.8 Å². The summed E-state index contributed by atoms with van der Waals surface area (Å²) < 4.78 is 31.1. The van der Waals surface area contributed by atoms with Crippen molar-refractivity contribution < 1.29 is 23.2 Å². The fourth-order valence-corrected chi connectivity index (χ4v) is 2.90. The molecule has 1 aromatic carbocycles. The second-order valence-electron chi connectivity index (χ2n) is 8.33. The number of anilines is 1. The molecule has 3 rings (SSSR count). The number of pyridine rings is 1. The monoisotopic (exact) mass is 427 g/mol. The lowest BCUT2D eigenvalue weighted by Gasteiger charge is -2.32. The molecule has 164 valence electrons. The first-order valence-corrected chi connectivity index (χ1v) is 10.00. The Morgan fingerprint density at radius 2 is 1.81 bits per heavy atom. The number of hydrogen-bond acceptors (Lipinski definition) is 6. The number of halogens is 1. The fourth-order valence-electron chi connectivity index (χ4n) is 2.90. The highest BCUT2D eigenvalue weighted by Crippen LogP contribution is 2.38. The zero-order valence-corrected chi connectivity index (χ0v) is 18.1. The van der Waals surface area contributed by atoms with Gasteiger partial charge < -0.3 is 25.1 Å². The molecule has 1 aromatic heterocycles. The van der Waals surface area contributed by atoms with Gasteiger partial charge >= 0.3 is 13.2 Å². The highest BCUT2D eigenvalue weighted by Gasteiger charge is 2.52. The standard InChI is InChI=1S/C22H27BFN3O4/c1-21(2)22(3,4)31-23(30-21)16(12-18-17(25)10-11-19(24)27-18)13-26-20(28)29-14-15-8-6-5-7-9-15/h5-12H,13-14,25H2,1-4H3,(H,26,28). The van der Waals surface area contributed by atoms with E-state index in [0.717, 1.165) is 5.56 Å². The normalized spacial score (nSPS) is 17.5. The third-order valence-corrected chi connectivity index (χ3v) is 5.45. The Kier molecular flexibility index (Phi) is 6.67. The summed E-state index contributed by atoms with van der Waals surface area (Å²) in [5.41, 5.74) is 6.68. The fraction of sp³-hybridized carbons (Fsp3) is 0.364. The quantitative estimate of drug-likeness (QED) is 0.539. The molecule has 2 aromatic rings. The molecule has 1 fully saturated rings. The zero-order chi connectivity index (χ0) is 22.6. The molecular formula is C22H27BFN3O4. The second kappa shape index (κ2) is 9.07. The lowest BCUT2D eigenvalue weighted by molar-refractivity contribution is 0.00578. The SMILES string of the molecule is CC1(C)OB(C(=Cc2nc(F)ccc2N)CNC(=O)OCc2ccccc2)OC1(C)C. The number of nitrogens with two attached hydrogens (primary N) is 1. The van der Waals surface area contributed by atoms with E-state index in [1.807, 2.05) is 58.0 Å². The number of nitrogens with zero attached hydrogens (tertiary/aromatic N) is 1. The number of hydrogen-bond donors (Lipinski definition) is 2. The minimum atomic E-state index is -0.774. The van der Waals surface area contributed by atoms with Crippen molar-refractivity contribution in [1.82, 2.24) is 10.3 Å². The Labute approximate surface area is 181 Å². The number of rotatable bonds is 6. The lowest BCUT2D eigenvalue weighted by Crippen LogP contribution is -2.41. The van der Waals surface area contributed by atoms with Crippen LogP contribution >= 0.6 is 0 Å². The van der Waals surface area contributed by atoms with Crippen molar-refractivity contribution in [2.24, 2.45) is 0 Å². The molecule has 1 amide bonds. The molecule has 0 aliphatic carbocycles. The average Bonchev–Trinajstić information content (AvgIpc) is 2.94. The third-order valence-electron chi connectivity index (χ3n) is 5.45. The van der Waals surface area contributed by atoms with Crippen molar-refractivity contribution in [1.29, 1.82) is 0 Å². The van der Waals surface area contributed by atoms with E-state index in [1.165, 1.54) is 12.1 Å². The molecule has 3 N–H and O–H groups in total. The molecular weight excluding hydrogens is 400 g/mol. The molecule has 2 heterocycles. The van der Waals surface area contributed by atoms with Gasteiger partial charge in [-0.2, -0.15) is 4.39 Å². The van der Waals surface area contributed by atoms with E-state index in [2.05, 4.69) is 10.3 Å². The first-order valence-electron chi connectivity index (χ1n) is 10.00. The number of ether oxygens (including phenoxy) is 1. The van der Waals surface area contributed by atoms with Gasteiger partial charge in [0.1, 0.15) is 6.61 Å². The van der Waals surface area contributed by atoms with Crippen molar-refractivity contribution in [2.75, 3.05) is 12.3 Å².